The molecule has 1 amide bonds. The number of hydrogen-bond donors (Lipinski definition) is 2. The summed E-state index contributed by atoms with van der Waals surface area (Å²) in [5, 5.41) is 6.13. The summed E-state index contributed by atoms with van der Waals surface area (Å²) in [6.07, 6.45) is 8.02. The first-order chi connectivity index (χ1) is 7.70. The Balaban J connectivity index is 1.70. The SMILES string of the molecule is CNC(=O)CCNC(C)C1CC2C=CC1C2. The zero-order chi connectivity index (χ0) is 11.5. The maximum Gasteiger partial charge on any atom is 0.221 e. The van der Waals surface area contributed by atoms with Crippen molar-refractivity contribution in [2.24, 2.45) is 17.8 Å². The van der Waals surface area contributed by atoms with Crippen molar-refractivity contribution in [3.05, 3.63) is 12.2 Å². The summed E-state index contributed by atoms with van der Waals surface area (Å²) >= 11 is 0. The Bertz CT molecular complexity index is 288. The van der Waals surface area contributed by atoms with Crippen LogP contribution in [0.15, 0.2) is 12.2 Å². The quantitative estimate of drug-likeness (QED) is 0.689. The van der Waals surface area contributed by atoms with Gasteiger partial charge in [0.1, 0.15) is 0 Å². The van der Waals surface area contributed by atoms with E-state index >= 15 is 0 Å². The molecule has 2 bridgehead atoms. The second-order valence-corrected chi connectivity index (χ2v) is 5.11. The predicted molar refractivity (Wildman–Crippen MR) is 65.0 cm³/mol. The Morgan fingerprint density at radius 1 is 1.44 bits per heavy atom. The lowest BCUT2D eigenvalue weighted by Crippen LogP contribution is -2.37. The van der Waals surface area contributed by atoms with Gasteiger partial charge < -0.3 is 10.6 Å². The summed E-state index contributed by atoms with van der Waals surface area (Å²) in [5.41, 5.74) is 0. The van der Waals surface area contributed by atoms with Gasteiger partial charge in [-0.1, -0.05) is 12.2 Å². The van der Waals surface area contributed by atoms with E-state index in [9.17, 15) is 4.79 Å². The van der Waals surface area contributed by atoms with Gasteiger partial charge in [-0.15, -0.1) is 0 Å². The van der Waals surface area contributed by atoms with E-state index in [1.54, 1.807) is 7.05 Å². The molecule has 0 spiro atoms. The molecular formula is C13H22N2O. The van der Waals surface area contributed by atoms with Crippen LogP contribution in [0.3, 0.4) is 0 Å². The zero-order valence-electron chi connectivity index (χ0n) is 10.2. The zero-order valence-corrected chi connectivity index (χ0v) is 10.2. The monoisotopic (exact) mass is 222 g/mol. The van der Waals surface area contributed by atoms with E-state index < -0.39 is 0 Å². The first-order valence-corrected chi connectivity index (χ1v) is 6.33. The minimum Gasteiger partial charge on any atom is -0.359 e. The largest absolute Gasteiger partial charge is 0.359 e. The van der Waals surface area contributed by atoms with E-state index in [4.69, 9.17) is 0 Å². The molecule has 0 aromatic heterocycles. The lowest BCUT2D eigenvalue weighted by Gasteiger charge is -2.26. The van der Waals surface area contributed by atoms with Crippen molar-refractivity contribution in [2.75, 3.05) is 13.6 Å². The fourth-order valence-electron chi connectivity index (χ4n) is 3.09. The van der Waals surface area contributed by atoms with Gasteiger partial charge in [-0.2, -0.15) is 0 Å². The molecule has 0 aromatic rings. The lowest BCUT2D eigenvalue weighted by atomic mass is 9.87. The van der Waals surface area contributed by atoms with Crippen molar-refractivity contribution in [1.82, 2.24) is 10.6 Å². The number of rotatable bonds is 5. The van der Waals surface area contributed by atoms with E-state index in [1.807, 2.05) is 0 Å². The Labute approximate surface area is 97.7 Å². The second kappa shape index (κ2) is 5.00. The van der Waals surface area contributed by atoms with Crippen molar-refractivity contribution in [3.8, 4) is 0 Å². The third-order valence-electron chi connectivity index (χ3n) is 4.07. The van der Waals surface area contributed by atoms with Crippen LogP contribution in [0.2, 0.25) is 0 Å². The molecule has 0 radical (unpaired) electrons. The van der Waals surface area contributed by atoms with E-state index in [1.165, 1.54) is 12.8 Å². The molecule has 0 aromatic carbocycles. The second-order valence-electron chi connectivity index (χ2n) is 5.11. The van der Waals surface area contributed by atoms with Crippen LogP contribution in [-0.2, 0) is 4.79 Å². The minimum absolute atomic E-state index is 0.118. The van der Waals surface area contributed by atoms with Crippen molar-refractivity contribution in [2.45, 2.75) is 32.2 Å². The van der Waals surface area contributed by atoms with Crippen molar-refractivity contribution < 1.29 is 4.79 Å². The summed E-state index contributed by atoms with van der Waals surface area (Å²) in [5.74, 6) is 2.51. The number of hydrogen-bond acceptors (Lipinski definition) is 2. The van der Waals surface area contributed by atoms with Crippen molar-refractivity contribution in [3.63, 3.8) is 0 Å². The molecule has 0 saturated heterocycles. The van der Waals surface area contributed by atoms with Crippen LogP contribution in [0.25, 0.3) is 0 Å². The summed E-state index contributed by atoms with van der Waals surface area (Å²) in [6, 6.07) is 0.532. The predicted octanol–water partition coefficient (Wildman–Crippen LogP) is 1.31. The molecule has 90 valence electrons. The lowest BCUT2D eigenvalue weighted by molar-refractivity contribution is -0.120. The minimum atomic E-state index is 0.118. The van der Waals surface area contributed by atoms with Crippen LogP contribution in [-0.4, -0.2) is 25.5 Å². The molecule has 1 saturated carbocycles. The molecular weight excluding hydrogens is 200 g/mol. The molecule has 0 heterocycles. The molecule has 3 heteroatoms. The molecule has 2 aliphatic rings. The number of carbonyl (C=O) groups excluding carboxylic acids is 1. The summed E-state index contributed by atoms with van der Waals surface area (Å²) < 4.78 is 0. The van der Waals surface area contributed by atoms with Crippen molar-refractivity contribution in [1.29, 1.82) is 0 Å². The third-order valence-corrected chi connectivity index (χ3v) is 4.07. The van der Waals surface area contributed by atoms with E-state index in [0.717, 1.165) is 24.3 Å². The smallest absolute Gasteiger partial charge is 0.221 e. The number of fused-ring (bicyclic) bond motifs is 2. The fraction of sp³-hybridized carbons (Fsp3) is 0.769. The van der Waals surface area contributed by atoms with Gasteiger partial charge >= 0.3 is 0 Å². The number of nitrogens with one attached hydrogen (secondary N) is 2. The van der Waals surface area contributed by atoms with Crippen LogP contribution in [0.5, 0.6) is 0 Å². The van der Waals surface area contributed by atoms with E-state index in [0.29, 0.717) is 12.5 Å². The fourth-order valence-corrected chi connectivity index (χ4v) is 3.09. The van der Waals surface area contributed by atoms with Gasteiger partial charge in [0, 0.05) is 26.1 Å². The molecule has 4 atom stereocenters. The Morgan fingerprint density at radius 2 is 2.25 bits per heavy atom. The maximum absolute atomic E-state index is 11.1. The summed E-state index contributed by atoms with van der Waals surface area (Å²) in [6.45, 7) is 3.04. The van der Waals surface area contributed by atoms with Crippen LogP contribution >= 0.6 is 0 Å². The van der Waals surface area contributed by atoms with Gasteiger partial charge in [-0.3, -0.25) is 4.79 Å². The number of carbonyl (C=O) groups is 1. The van der Waals surface area contributed by atoms with Gasteiger partial charge in [0.05, 0.1) is 0 Å². The molecule has 2 rings (SSSR count). The van der Waals surface area contributed by atoms with Crippen LogP contribution in [0.1, 0.15) is 26.2 Å². The van der Waals surface area contributed by atoms with E-state index in [2.05, 4.69) is 29.7 Å². The number of amides is 1. The normalized spacial score (nSPS) is 33.0. The Morgan fingerprint density at radius 3 is 2.81 bits per heavy atom. The topological polar surface area (TPSA) is 41.1 Å². The molecule has 16 heavy (non-hydrogen) atoms. The first kappa shape index (κ1) is 11.6. The maximum atomic E-state index is 11.1. The highest BCUT2D eigenvalue weighted by Gasteiger charge is 2.38. The standard InChI is InChI=1S/C13H22N2O/c1-9(15-6-5-13(16)14-2)12-8-10-3-4-11(12)7-10/h3-4,9-12,15H,5-8H2,1-2H3,(H,14,16). The van der Waals surface area contributed by atoms with Gasteiger partial charge in [0.2, 0.25) is 5.91 Å². The Hall–Kier alpha value is -0.830. The van der Waals surface area contributed by atoms with Crippen LogP contribution in [0, 0.1) is 17.8 Å². The van der Waals surface area contributed by atoms with E-state index in [-0.39, 0.29) is 5.91 Å². The first-order valence-electron chi connectivity index (χ1n) is 6.33. The van der Waals surface area contributed by atoms with Gasteiger partial charge in [0.15, 0.2) is 0 Å². The molecule has 3 nitrogen and oxygen atoms in total. The average molecular weight is 222 g/mol. The van der Waals surface area contributed by atoms with Gasteiger partial charge in [0.25, 0.3) is 0 Å². The van der Waals surface area contributed by atoms with Crippen LogP contribution < -0.4 is 10.6 Å². The summed E-state index contributed by atoms with van der Waals surface area (Å²) in [7, 11) is 1.69. The number of allylic oxidation sites excluding steroid dienone is 2. The molecule has 4 unspecified atom stereocenters. The summed E-state index contributed by atoms with van der Waals surface area (Å²) in [4.78, 5) is 11.1. The molecule has 1 fully saturated rings. The highest BCUT2D eigenvalue weighted by Crippen LogP contribution is 2.44. The highest BCUT2D eigenvalue weighted by atomic mass is 16.1. The van der Waals surface area contributed by atoms with Crippen LogP contribution in [0.4, 0.5) is 0 Å². The Kier molecular flexibility index (Phi) is 3.64. The van der Waals surface area contributed by atoms with Gasteiger partial charge in [-0.25, -0.2) is 0 Å². The molecule has 2 aliphatic carbocycles. The van der Waals surface area contributed by atoms with Crippen molar-refractivity contribution >= 4 is 5.91 Å². The highest BCUT2D eigenvalue weighted by molar-refractivity contribution is 5.75. The average Bonchev–Trinajstić information content (AvgIpc) is 2.90. The molecule has 2 N–H and O–H groups in total. The third kappa shape index (κ3) is 2.46. The van der Waals surface area contributed by atoms with Gasteiger partial charge in [-0.05, 0) is 37.5 Å². The molecule has 0 aliphatic heterocycles.